The number of thioether (sulfide) groups is 2. The van der Waals surface area contributed by atoms with E-state index in [1.165, 1.54) is 0 Å². The van der Waals surface area contributed by atoms with Gasteiger partial charge < -0.3 is 0 Å². The molecule has 0 bridgehead atoms. The van der Waals surface area contributed by atoms with Gasteiger partial charge in [0.1, 0.15) is 4.04 Å². The molecule has 0 atom stereocenters. The first-order chi connectivity index (χ1) is 12.0. The minimum absolute atomic E-state index is 0.278. The molecule has 0 N–H and O–H groups in total. The molecule has 0 saturated heterocycles. The monoisotopic (exact) mass is 446 g/mol. The molecule has 2 rings (SSSR count). The van der Waals surface area contributed by atoms with Crippen LogP contribution in [-0.4, -0.2) is 4.04 Å². The Hall–Kier alpha value is -1.27. The van der Waals surface area contributed by atoms with Crippen molar-refractivity contribution in [1.29, 1.82) is 0 Å². The Labute approximate surface area is 151 Å². The summed E-state index contributed by atoms with van der Waals surface area (Å²) in [6.07, 6.45) is 0. The van der Waals surface area contributed by atoms with Crippen molar-refractivity contribution in [2.45, 2.75) is 13.8 Å². The fraction of sp³-hybridized carbons (Fsp3) is 0.0769. The lowest BCUT2D eigenvalue weighted by molar-refractivity contribution is 0.360. The highest BCUT2D eigenvalue weighted by Crippen LogP contribution is 2.43. The summed E-state index contributed by atoms with van der Waals surface area (Å²) in [6, 6.07) is 0. The third-order valence-corrected chi connectivity index (χ3v) is 5.43. The summed E-state index contributed by atoms with van der Waals surface area (Å²) >= 11 is 4.95. The van der Waals surface area contributed by atoms with E-state index in [4.69, 9.17) is 11.6 Å². The second kappa shape index (κ2) is 7.77. The first kappa shape index (κ1) is 21.0. The Kier molecular flexibility index (Phi) is 6.28. The molecule has 142 valence electrons. The van der Waals surface area contributed by atoms with Crippen molar-refractivity contribution in [1.82, 2.24) is 0 Å². The van der Waals surface area contributed by atoms with Crippen LogP contribution in [0.15, 0.2) is 9.79 Å². The molecule has 0 aliphatic rings. The van der Waals surface area contributed by atoms with Crippen LogP contribution < -0.4 is 0 Å². The van der Waals surface area contributed by atoms with Gasteiger partial charge in [0.15, 0.2) is 46.5 Å². The Morgan fingerprint density at radius 2 is 0.615 bits per heavy atom. The molecule has 0 nitrogen and oxygen atoms in total. The Morgan fingerprint density at radius 3 is 0.846 bits per heavy atom. The summed E-state index contributed by atoms with van der Waals surface area (Å²) in [5, 5.41) is 0. The van der Waals surface area contributed by atoms with Gasteiger partial charge in [-0.15, -0.1) is 0 Å². The molecule has 0 amide bonds. The zero-order chi connectivity index (χ0) is 19.9. The molecule has 0 fully saturated rings. The molecule has 0 aliphatic heterocycles. The molecule has 0 aliphatic carbocycles. The topological polar surface area (TPSA) is 0 Å². The van der Waals surface area contributed by atoms with Gasteiger partial charge >= 0.3 is 0 Å². The SMILES string of the molecule is Fc1c(F)c(F)c(SC(Cl)Sc2c(F)c(F)c(F)c(F)c2F)c(F)c1F. The van der Waals surface area contributed by atoms with Gasteiger partial charge in [0, 0.05) is 0 Å². The van der Waals surface area contributed by atoms with Crippen LogP contribution in [0.5, 0.6) is 0 Å². The fourth-order valence-electron chi connectivity index (χ4n) is 1.59. The molecule has 13 heteroatoms. The average molecular weight is 447 g/mol. The third-order valence-electron chi connectivity index (χ3n) is 2.76. The Balaban J connectivity index is 2.39. The Morgan fingerprint density at radius 1 is 0.423 bits per heavy atom. The predicted molar refractivity (Wildman–Crippen MR) is 73.8 cm³/mol. The zero-order valence-corrected chi connectivity index (χ0v) is 13.9. The van der Waals surface area contributed by atoms with Crippen molar-refractivity contribution in [2.24, 2.45) is 0 Å². The summed E-state index contributed by atoms with van der Waals surface area (Å²) in [5.74, 6) is -23.1. The van der Waals surface area contributed by atoms with E-state index < -0.39 is 72.0 Å². The Bertz CT molecular complexity index is 759. The smallest absolute Gasteiger partial charge is 0.200 e. The minimum Gasteiger partial charge on any atom is -0.202 e. The molecule has 0 unspecified atom stereocenters. The summed E-state index contributed by atoms with van der Waals surface area (Å²) in [5.41, 5.74) is 0. The van der Waals surface area contributed by atoms with E-state index in [0.717, 1.165) is 0 Å². The van der Waals surface area contributed by atoms with Crippen molar-refractivity contribution >= 4 is 35.1 Å². The van der Waals surface area contributed by atoms with Crippen LogP contribution in [0.2, 0.25) is 0 Å². The van der Waals surface area contributed by atoms with Crippen molar-refractivity contribution in [3.63, 3.8) is 0 Å². The van der Waals surface area contributed by atoms with Crippen molar-refractivity contribution in [3.05, 3.63) is 58.2 Å². The summed E-state index contributed by atoms with van der Waals surface area (Å²) in [6.45, 7) is 0. The van der Waals surface area contributed by atoms with Crippen LogP contribution in [0.1, 0.15) is 0 Å². The predicted octanol–water partition coefficient (Wildman–Crippen LogP) is 6.48. The number of halogens is 11. The molecule has 0 spiro atoms. The van der Waals surface area contributed by atoms with E-state index in [1.54, 1.807) is 0 Å². The number of rotatable bonds is 4. The zero-order valence-electron chi connectivity index (χ0n) is 11.6. The molecule has 2 aromatic carbocycles. The lowest BCUT2D eigenvalue weighted by Gasteiger charge is -2.13. The van der Waals surface area contributed by atoms with Gasteiger partial charge in [0.2, 0.25) is 11.6 Å². The van der Waals surface area contributed by atoms with Gasteiger partial charge in [-0.2, -0.15) is 0 Å². The summed E-state index contributed by atoms with van der Waals surface area (Å²) in [4.78, 5) is -2.98. The fourth-order valence-corrected chi connectivity index (χ4v) is 4.03. The first-order valence-electron chi connectivity index (χ1n) is 5.99. The lowest BCUT2D eigenvalue weighted by Crippen LogP contribution is -2.06. The number of benzene rings is 2. The molecular formula is C13HClF10S2. The molecule has 2 aromatic rings. The van der Waals surface area contributed by atoms with Gasteiger partial charge in [-0.3, -0.25) is 0 Å². The normalized spacial score (nSPS) is 11.5. The number of alkyl halides is 1. The molecule has 0 saturated carbocycles. The summed E-state index contributed by atoms with van der Waals surface area (Å²) in [7, 11) is 0. The van der Waals surface area contributed by atoms with E-state index in [1.807, 2.05) is 0 Å². The van der Waals surface area contributed by atoms with Crippen molar-refractivity contribution in [3.8, 4) is 0 Å². The maximum Gasteiger partial charge on any atom is 0.200 e. The van der Waals surface area contributed by atoms with Crippen LogP contribution in [0, 0.1) is 58.2 Å². The van der Waals surface area contributed by atoms with E-state index >= 15 is 0 Å². The van der Waals surface area contributed by atoms with Gasteiger partial charge in [-0.05, 0) is 0 Å². The first-order valence-corrected chi connectivity index (χ1v) is 8.18. The highest BCUT2D eigenvalue weighted by atomic mass is 35.5. The van der Waals surface area contributed by atoms with Gasteiger partial charge in [0.25, 0.3) is 0 Å². The summed E-state index contributed by atoms with van der Waals surface area (Å²) < 4.78 is 130. The van der Waals surface area contributed by atoms with Crippen LogP contribution in [0.4, 0.5) is 43.9 Å². The van der Waals surface area contributed by atoms with Crippen LogP contribution >= 0.6 is 35.1 Å². The largest absolute Gasteiger partial charge is 0.202 e. The van der Waals surface area contributed by atoms with Gasteiger partial charge in [0.05, 0.1) is 9.79 Å². The molecule has 0 heterocycles. The quantitative estimate of drug-likeness (QED) is 0.132. The molecule has 0 radical (unpaired) electrons. The van der Waals surface area contributed by atoms with E-state index in [2.05, 4.69) is 0 Å². The maximum absolute atomic E-state index is 13.5. The molecular weight excluding hydrogens is 446 g/mol. The van der Waals surface area contributed by atoms with Gasteiger partial charge in [-0.1, -0.05) is 35.1 Å². The average Bonchev–Trinajstić information content (AvgIpc) is 2.62. The standard InChI is InChI=1S/C13HClF10S2/c14-13(25-11-7(21)3(17)1(15)4(18)8(11)22)26-12-9(23)5(19)2(16)6(20)10(12)24/h13H. The molecule has 0 aromatic heterocycles. The van der Waals surface area contributed by atoms with Crippen molar-refractivity contribution in [2.75, 3.05) is 0 Å². The molecule has 26 heavy (non-hydrogen) atoms. The number of hydrogen-bond donors (Lipinski definition) is 0. The highest BCUT2D eigenvalue weighted by molar-refractivity contribution is 8.18. The van der Waals surface area contributed by atoms with Gasteiger partial charge in [-0.25, -0.2) is 43.9 Å². The lowest BCUT2D eigenvalue weighted by atomic mass is 10.3. The third kappa shape index (κ3) is 3.58. The van der Waals surface area contributed by atoms with Crippen LogP contribution in [0.3, 0.4) is 0 Å². The van der Waals surface area contributed by atoms with Crippen LogP contribution in [-0.2, 0) is 0 Å². The maximum atomic E-state index is 13.5. The van der Waals surface area contributed by atoms with Crippen molar-refractivity contribution < 1.29 is 43.9 Å². The highest BCUT2D eigenvalue weighted by Gasteiger charge is 2.31. The second-order valence-corrected chi connectivity index (χ2v) is 7.79. The number of hydrogen-bond acceptors (Lipinski definition) is 2. The van der Waals surface area contributed by atoms with E-state index in [0.29, 0.717) is 0 Å². The minimum atomic E-state index is -2.44. The van der Waals surface area contributed by atoms with Crippen LogP contribution in [0.25, 0.3) is 0 Å². The van der Waals surface area contributed by atoms with E-state index in [9.17, 15) is 43.9 Å². The second-order valence-electron chi connectivity index (χ2n) is 4.31. The van der Waals surface area contributed by atoms with E-state index in [-0.39, 0.29) is 23.5 Å².